The summed E-state index contributed by atoms with van der Waals surface area (Å²) in [7, 11) is 0. The average Bonchev–Trinajstić information content (AvgIpc) is 3.41. The summed E-state index contributed by atoms with van der Waals surface area (Å²) in [6, 6.07) is 23.4. The Kier molecular flexibility index (Phi) is 5.41. The molecule has 1 aliphatic rings. The molecule has 0 radical (unpaired) electrons. The molecular formula is C27H21N3O5. The lowest BCUT2D eigenvalue weighted by Gasteiger charge is -2.18. The van der Waals surface area contributed by atoms with Gasteiger partial charge < -0.3 is 15.1 Å². The van der Waals surface area contributed by atoms with E-state index in [4.69, 9.17) is 4.42 Å². The topological polar surface area (TPSA) is 109 Å². The normalized spacial score (nSPS) is 17.5. The highest BCUT2D eigenvalue weighted by atomic mass is 16.3. The highest BCUT2D eigenvalue weighted by molar-refractivity contribution is 6.11. The Hall–Kier alpha value is -4.72. The summed E-state index contributed by atoms with van der Waals surface area (Å²) in [4.78, 5) is 51.8. The lowest BCUT2D eigenvalue weighted by Crippen LogP contribution is -2.41. The third-order valence-electron chi connectivity index (χ3n) is 6.00. The molecule has 4 aromatic rings. The number of nitrogens with zero attached hydrogens (tertiary/aromatic N) is 1. The maximum Gasteiger partial charge on any atom is 0.325 e. The van der Waals surface area contributed by atoms with Crippen LogP contribution in [-0.4, -0.2) is 35.1 Å². The molecule has 2 heterocycles. The molecule has 1 aromatic heterocycles. The number of ketones is 1. The van der Waals surface area contributed by atoms with Gasteiger partial charge in [0.05, 0.1) is 6.54 Å². The number of fused-ring (bicyclic) bond motifs is 1. The van der Waals surface area contributed by atoms with Gasteiger partial charge in [0, 0.05) is 22.2 Å². The number of carbonyl (C=O) groups is 4. The number of Topliss-reactive ketones (excluding diaryl/α,β-unsaturated/α-hetero) is 1. The second-order valence-corrected chi connectivity index (χ2v) is 8.42. The Morgan fingerprint density at radius 2 is 1.60 bits per heavy atom. The smallest absolute Gasteiger partial charge is 0.325 e. The van der Waals surface area contributed by atoms with Crippen LogP contribution in [0.15, 0.2) is 89.3 Å². The van der Waals surface area contributed by atoms with Crippen LogP contribution >= 0.6 is 0 Å². The van der Waals surface area contributed by atoms with Crippen LogP contribution in [0.3, 0.4) is 0 Å². The summed E-state index contributed by atoms with van der Waals surface area (Å²) in [5.41, 5.74) is 0.518. The fourth-order valence-corrected chi connectivity index (χ4v) is 4.00. The number of imide groups is 1. The summed E-state index contributed by atoms with van der Waals surface area (Å²) in [5, 5.41) is 6.22. The Balaban J connectivity index is 1.28. The van der Waals surface area contributed by atoms with Crippen molar-refractivity contribution in [1.82, 2.24) is 10.2 Å². The number of nitrogens with one attached hydrogen (secondary N) is 2. The standard InChI is InChI=1S/C27H21N3O5/c1-27(23-15-19-9-5-6-10-22(19)35-23)25(33)30(26(34)29-27)16-21(31)17-11-13-20(14-12-17)28-24(32)18-7-3-2-4-8-18/h2-15H,16H2,1H3,(H,28,32)(H,29,34). The zero-order valence-corrected chi connectivity index (χ0v) is 18.8. The minimum atomic E-state index is -1.41. The van der Waals surface area contributed by atoms with E-state index in [1.165, 1.54) is 0 Å². The molecule has 0 aliphatic carbocycles. The van der Waals surface area contributed by atoms with Gasteiger partial charge in [-0.15, -0.1) is 0 Å². The molecule has 2 N–H and O–H groups in total. The second-order valence-electron chi connectivity index (χ2n) is 8.42. The summed E-state index contributed by atoms with van der Waals surface area (Å²) >= 11 is 0. The van der Waals surface area contributed by atoms with Crippen molar-refractivity contribution in [2.45, 2.75) is 12.5 Å². The molecule has 35 heavy (non-hydrogen) atoms. The number of rotatable bonds is 6. The number of urea groups is 1. The first-order valence-electron chi connectivity index (χ1n) is 11.0. The van der Waals surface area contributed by atoms with Crippen molar-refractivity contribution < 1.29 is 23.6 Å². The van der Waals surface area contributed by atoms with Gasteiger partial charge in [0.1, 0.15) is 11.3 Å². The first kappa shape index (κ1) is 22.1. The summed E-state index contributed by atoms with van der Waals surface area (Å²) < 4.78 is 5.81. The SMILES string of the molecule is CC1(c2cc3ccccc3o2)NC(=O)N(CC(=O)c2ccc(NC(=O)c3ccccc3)cc2)C1=O. The van der Waals surface area contributed by atoms with E-state index in [1.807, 2.05) is 24.3 Å². The Morgan fingerprint density at radius 1 is 0.914 bits per heavy atom. The molecular weight excluding hydrogens is 446 g/mol. The zero-order chi connectivity index (χ0) is 24.6. The number of hydrogen-bond donors (Lipinski definition) is 2. The van der Waals surface area contributed by atoms with E-state index >= 15 is 0 Å². The predicted molar refractivity (Wildman–Crippen MR) is 129 cm³/mol. The largest absolute Gasteiger partial charge is 0.458 e. The van der Waals surface area contributed by atoms with Crippen molar-refractivity contribution in [2.24, 2.45) is 0 Å². The number of para-hydroxylation sites is 1. The lowest BCUT2D eigenvalue weighted by molar-refractivity contribution is -0.131. The molecule has 174 valence electrons. The van der Waals surface area contributed by atoms with Gasteiger partial charge in [-0.25, -0.2) is 4.79 Å². The number of hydrogen-bond acceptors (Lipinski definition) is 5. The van der Waals surface area contributed by atoms with Crippen molar-refractivity contribution in [3.8, 4) is 0 Å². The van der Waals surface area contributed by atoms with Crippen molar-refractivity contribution >= 4 is 40.3 Å². The molecule has 0 spiro atoms. The molecule has 0 bridgehead atoms. The third-order valence-corrected chi connectivity index (χ3v) is 6.00. The number of amides is 4. The Bertz CT molecular complexity index is 1430. The molecule has 8 nitrogen and oxygen atoms in total. The van der Waals surface area contributed by atoms with Crippen molar-refractivity contribution in [2.75, 3.05) is 11.9 Å². The van der Waals surface area contributed by atoms with E-state index in [1.54, 1.807) is 67.6 Å². The highest BCUT2D eigenvalue weighted by Crippen LogP contribution is 2.33. The van der Waals surface area contributed by atoms with Crippen molar-refractivity contribution in [1.29, 1.82) is 0 Å². The number of carbonyl (C=O) groups excluding carboxylic acids is 4. The van der Waals surface area contributed by atoms with Crippen LogP contribution in [0.1, 0.15) is 33.4 Å². The van der Waals surface area contributed by atoms with Gasteiger partial charge in [0.15, 0.2) is 11.3 Å². The van der Waals surface area contributed by atoms with Crippen molar-refractivity contribution in [3.05, 3.63) is 102 Å². The monoisotopic (exact) mass is 467 g/mol. The van der Waals surface area contributed by atoms with Gasteiger partial charge in [-0.05, 0) is 55.5 Å². The fraction of sp³-hybridized carbons (Fsp3) is 0.111. The van der Waals surface area contributed by atoms with Crippen LogP contribution in [0, 0.1) is 0 Å². The van der Waals surface area contributed by atoms with E-state index in [-0.39, 0.29) is 5.91 Å². The highest BCUT2D eigenvalue weighted by Gasteiger charge is 2.51. The van der Waals surface area contributed by atoms with E-state index < -0.39 is 29.8 Å². The minimum Gasteiger partial charge on any atom is -0.458 e. The van der Waals surface area contributed by atoms with E-state index in [9.17, 15) is 19.2 Å². The van der Waals surface area contributed by atoms with E-state index in [0.29, 0.717) is 28.2 Å². The molecule has 5 rings (SSSR count). The Morgan fingerprint density at radius 3 is 2.31 bits per heavy atom. The van der Waals surface area contributed by atoms with Gasteiger partial charge in [0.2, 0.25) is 0 Å². The van der Waals surface area contributed by atoms with E-state index in [0.717, 1.165) is 10.3 Å². The summed E-state index contributed by atoms with van der Waals surface area (Å²) in [6.45, 7) is 1.13. The number of benzene rings is 3. The van der Waals surface area contributed by atoms with Crippen LogP contribution in [0.5, 0.6) is 0 Å². The zero-order valence-electron chi connectivity index (χ0n) is 18.8. The first-order valence-corrected chi connectivity index (χ1v) is 11.0. The molecule has 1 aliphatic heterocycles. The van der Waals surface area contributed by atoms with Gasteiger partial charge in [-0.1, -0.05) is 36.4 Å². The number of furan rings is 1. The molecule has 1 saturated heterocycles. The van der Waals surface area contributed by atoms with Gasteiger partial charge in [0.25, 0.3) is 11.8 Å². The van der Waals surface area contributed by atoms with Crippen LogP contribution in [0.4, 0.5) is 10.5 Å². The first-order chi connectivity index (χ1) is 16.8. The summed E-state index contributed by atoms with van der Waals surface area (Å²) in [5.74, 6) is -0.954. The molecule has 1 unspecified atom stereocenters. The molecule has 0 saturated carbocycles. The van der Waals surface area contributed by atoms with Gasteiger partial charge >= 0.3 is 6.03 Å². The van der Waals surface area contributed by atoms with Crippen LogP contribution in [-0.2, 0) is 10.3 Å². The lowest BCUT2D eigenvalue weighted by atomic mass is 9.98. The predicted octanol–water partition coefficient (Wildman–Crippen LogP) is 4.34. The molecule has 3 aromatic carbocycles. The molecule has 1 atom stereocenters. The van der Waals surface area contributed by atoms with Gasteiger partial charge in [-0.3, -0.25) is 19.3 Å². The summed E-state index contributed by atoms with van der Waals surface area (Å²) in [6.07, 6.45) is 0. The van der Waals surface area contributed by atoms with E-state index in [2.05, 4.69) is 10.6 Å². The number of anilines is 1. The molecule has 1 fully saturated rings. The quantitative estimate of drug-likeness (QED) is 0.324. The van der Waals surface area contributed by atoms with Crippen LogP contribution < -0.4 is 10.6 Å². The maximum atomic E-state index is 13.2. The molecule has 4 amide bonds. The van der Waals surface area contributed by atoms with Crippen molar-refractivity contribution in [3.63, 3.8) is 0 Å². The maximum absolute atomic E-state index is 13.2. The third kappa shape index (κ3) is 4.06. The van der Waals surface area contributed by atoms with Crippen LogP contribution in [0.2, 0.25) is 0 Å². The van der Waals surface area contributed by atoms with Gasteiger partial charge in [-0.2, -0.15) is 0 Å². The molecule has 8 heteroatoms. The Labute approximate surface area is 200 Å². The minimum absolute atomic E-state index is 0.270. The average molecular weight is 467 g/mol. The second kappa shape index (κ2) is 8.57. The fourth-order valence-electron chi connectivity index (χ4n) is 4.00. The van der Waals surface area contributed by atoms with Crippen LogP contribution in [0.25, 0.3) is 11.0 Å².